The number of rotatable bonds is 4. The van der Waals surface area contributed by atoms with Crippen molar-refractivity contribution in [2.75, 3.05) is 12.4 Å². The summed E-state index contributed by atoms with van der Waals surface area (Å²) >= 11 is 1.35. The van der Waals surface area contributed by atoms with Crippen molar-refractivity contribution in [3.05, 3.63) is 47.2 Å². The number of benzene rings is 1. The van der Waals surface area contributed by atoms with E-state index in [1.54, 1.807) is 20.1 Å². The SMILES string of the molecule is COc1ccc(-c2csc(NC(=O)c3cc(C)on3)n2)cc1. The molecule has 0 saturated carbocycles. The monoisotopic (exact) mass is 315 g/mol. The predicted molar refractivity (Wildman–Crippen MR) is 83.3 cm³/mol. The second-order valence-corrected chi connectivity index (χ2v) is 5.40. The Hall–Kier alpha value is -2.67. The van der Waals surface area contributed by atoms with Crippen LogP contribution in [-0.2, 0) is 0 Å². The lowest BCUT2D eigenvalue weighted by Crippen LogP contribution is -2.11. The van der Waals surface area contributed by atoms with Crippen LogP contribution in [0.15, 0.2) is 40.2 Å². The second kappa shape index (κ2) is 5.98. The van der Waals surface area contributed by atoms with Gasteiger partial charge in [0.05, 0.1) is 12.8 Å². The molecule has 0 unspecified atom stereocenters. The molecule has 2 heterocycles. The third-order valence-corrected chi connectivity index (χ3v) is 3.73. The van der Waals surface area contributed by atoms with Crippen LogP contribution in [-0.4, -0.2) is 23.2 Å². The maximum absolute atomic E-state index is 12.0. The number of carbonyl (C=O) groups is 1. The van der Waals surface area contributed by atoms with Gasteiger partial charge >= 0.3 is 0 Å². The van der Waals surface area contributed by atoms with E-state index in [0.29, 0.717) is 10.9 Å². The minimum Gasteiger partial charge on any atom is -0.497 e. The molecule has 2 aromatic heterocycles. The molecular formula is C15H13N3O3S. The molecule has 3 rings (SSSR count). The van der Waals surface area contributed by atoms with Gasteiger partial charge < -0.3 is 9.26 Å². The van der Waals surface area contributed by atoms with E-state index in [1.807, 2.05) is 29.6 Å². The molecule has 1 N–H and O–H groups in total. The number of nitrogens with one attached hydrogen (secondary N) is 1. The number of thiazole rings is 1. The van der Waals surface area contributed by atoms with Gasteiger partial charge in [-0.3, -0.25) is 10.1 Å². The van der Waals surface area contributed by atoms with Crippen LogP contribution in [0.2, 0.25) is 0 Å². The van der Waals surface area contributed by atoms with Crippen LogP contribution >= 0.6 is 11.3 Å². The lowest BCUT2D eigenvalue weighted by atomic mass is 10.2. The largest absolute Gasteiger partial charge is 0.497 e. The summed E-state index contributed by atoms with van der Waals surface area (Å²) in [7, 11) is 1.62. The highest BCUT2D eigenvalue weighted by Crippen LogP contribution is 2.26. The fraction of sp³-hybridized carbons (Fsp3) is 0.133. The summed E-state index contributed by atoms with van der Waals surface area (Å²) in [5.41, 5.74) is 1.98. The summed E-state index contributed by atoms with van der Waals surface area (Å²) < 4.78 is 10.0. The average Bonchev–Trinajstić information content (AvgIpc) is 3.16. The molecule has 0 aliphatic heterocycles. The van der Waals surface area contributed by atoms with Crippen LogP contribution in [0.25, 0.3) is 11.3 Å². The molecule has 0 aliphatic rings. The van der Waals surface area contributed by atoms with Crippen LogP contribution in [0.4, 0.5) is 5.13 Å². The van der Waals surface area contributed by atoms with Crippen molar-refractivity contribution >= 4 is 22.4 Å². The number of methoxy groups -OCH3 is 1. The first kappa shape index (κ1) is 14.3. The fourth-order valence-corrected chi connectivity index (χ4v) is 2.57. The molecule has 0 saturated heterocycles. The van der Waals surface area contributed by atoms with Crippen molar-refractivity contribution in [2.45, 2.75) is 6.92 Å². The van der Waals surface area contributed by atoms with Crippen molar-refractivity contribution in [1.29, 1.82) is 0 Å². The molecule has 0 radical (unpaired) electrons. The summed E-state index contributed by atoms with van der Waals surface area (Å²) in [4.78, 5) is 16.4. The summed E-state index contributed by atoms with van der Waals surface area (Å²) in [5.74, 6) is 1.03. The Kier molecular flexibility index (Phi) is 3.88. The third kappa shape index (κ3) is 2.99. The van der Waals surface area contributed by atoms with Crippen molar-refractivity contribution in [2.24, 2.45) is 0 Å². The normalized spacial score (nSPS) is 10.5. The van der Waals surface area contributed by atoms with Crippen LogP contribution in [0, 0.1) is 6.92 Å². The van der Waals surface area contributed by atoms with Gasteiger partial charge in [-0.05, 0) is 31.2 Å². The number of amides is 1. The smallest absolute Gasteiger partial charge is 0.279 e. The highest BCUT2D eigenvalue weighted by Gasteiger charge is 2.13. The summed E-state index contributed by atoms with van der Waals surface area (Å²) in [6.45, 7) is 1.73. The summed E-state index contributed by atoms with van der Waals surface area (Å²) in [5, 5.41) is 8.77. The molecule has 0 aliphatic carbocycles. The zero-order valence-electron chi connectivity index (χ0n) is 12.0. The fourth-order valence-electron chi connectivity index (χ4n) is 1.86. The number of carbonyl (C=O) groups excluding carboxylic acids is 1. The van der Waals surface area contributed by atoms with Gasteiger partial charge in [0.25, 0.3) is 5.91 Å². The van der Waals surface area contributed by atoms with E-state index in [2.05, 4.69) is 15.5 Å². The van der Waals surface area contributed by atoms with Gasteiger partial charge in [0.2, 0.25) is 0 Å². The standard InChI is InChI=1S/C15H13N3O3S/c1-9-7-12(18-21-9)14(19)17-15-16-13(8-22-15)10-3-5-11(20-2)6-4-10/h3-8H,1-2H3,(H,16,17,19). The Bertz CT molecular complexity index is 792. The first-order valence-electron chi connectivity index (χ1n) is 6.50. The summed E-state index contributed by atoms with van der Waals surface area (Å²) in [6.07, 6.45) is 0. The second-order valence-electron chi connectivity index (χ2n) is 4.54. The van der Waals surface area contributed by atoms with Crippen LogP contribution < -0.4 is 10.1 Å². The van der Waals surface area contributed by atoms with Crippen LogP contribution in [0.5, 0.6) is 5.75 Å². The zero-order chi connectivity index (χ0) is 15.5. The predicted octanol–water partition coefficient (Wildman–Crippen LogP) is 3.37. The van der Waals surface area contributed by atoms with E-state index in [1.165, 1.54) is 11.3 Å². The minimum atomic E-state index is -0.340. The van der Waals surface area contributed by atoms with Crippen LogP contribution in [0.1, 0.15) is 16.2 Å². The Morgan fingerprint density at radius 2 is 2.09 bits per heavy atom. The first-order chi connectivity index (χ1) is 10.7. The zero-order valence-corrected chi connectivity index (χ0v) is 12.8. The third-order valence-electron chi connectivity index (χ3n) is 2.97. The van der Waals surface area contributed by atoms with Crippen molar-refractivity contribution in [1.82, 2.24) is 10.1 Å². The highest BCUT2D eigenvalue weighted by molar-refractivity contribution is 7.14. The molecule has 0 fully saturated rings. The van der Waals surface area contributed by atoms with Gasteiger partial charge in [0.15, 0.2) is 10.8 Å². The maximum Gasteiger partial charge on any atom is 0.279 e. The molecule has 6 nitrogen and oxygen atoms in total. The van der Waals surface area contributed by atoms with Crippen molar-refractivity contribution in [3.8, 4) is 17.0 Å². The van der Waals surface area contributed by atoms with E-state index in [9.17, 15) is 4.79 Å². The Balaban J connectivity index is 1.74. The van der Waals surface area contributed by atoms with Gasteiger partial charge in [0.1, 0.15) is 11.5 Å². The lowest BCUT2D eigenvalue weighted by Gasteiger charge is -2.00. The molecule has 1 aromatic carbocycles. The van der Waals surface area contributed by atoms with Gasteiger partial charge in [-0.1, -0.05) is 5.16 Å². The Morgan fingerprint density at radius 1 is 1.32 bits per heavy atom. The van der Waals surface area contributed by atoms with Gasteiger partial charge in [0, 0.05) is 17.0 Å². The van der Waals surface area contributed by atoms with Gasteiger partial charge in [-0.15, -0.1) is 11.3 Å². The number of hydrogen-bond acceptors (Lipinski definition) is 6. The van der Waals surface area contributed by atoms with Crippen molar-refractivity contribution < 1.29 is 14.1 Å². The summed E-state index contributed by atoms with van der Waals surface area (Å²) in [6, 6.07) is 9.14. The number of aryl methyl sites for hydroxylation is 1. The minimum absolute atomic E-state index is 0.235. The van der Waals surface area contributed by atoms with Crippen LogP contribution in [0.3, 0.4) is 0 Å². The molecule has 112 valence electrons. The molecule has 1 amide bonds. The number of anilines is 1. The van der Waals surface area contributed by atoms with E-state index < -0.39 is 0 Å². The van der Waals surface area contributed by atoms with Gasteiger partial charge in [-0.25, -0.2) is 4.98 Å². The number of ether oxygens (including phenoxy) is 1. The quantitative estimate of drug-likeness (QED) is 0.798. The van der Waals surface area contributed by atoms with Crippen molar-refractivity contribution in [3.63, 3.8) is 0 Å². The molecule has 0 spiro atoms. The molecule has 3 aromatic rings. The number of aromatic nitrogens is 2. The maximum atomic E-state index is 12.0. The molecule has 0 bridgehead atoms. The van der Waals surface area contributed by atoms with E-state index in [-0.39, 0.29) is 11.6 Å². The van der Waals surface area contributed by atoms with E-state index in [0.717, 1.165) is 17.0 Å². The molecule has 22 heavy (non-hydrogen) atoms. The van der Waals surface area contributed by atoms with Gasteiger partial charge in [-0.2, -0.15) is 0 Å². The molecule has 7 heteroatoms. The number of nitrogens with zero attached hydrogens (tertiary/aromatic N) is 2. The molecular weight excluding hydrogens is 302 g/mol. The Labute approximate surface area is 130 Å². The van der Waals surface area contributed by atoms with E-state index in [4.69, 9.17) is 9.26 Å². The topological polar surface area (TPSA) is 77.2 Å². The van der Waals surface area contributed by atoms with E-state index >= 15 is 0 Å². The number of hydrogen-bond donors (Lipinski definition) is 1. The first-order valence-corrected chi connectivity index (χ1v) is 7.38. The molecule has 0 atom stereocenters. The highest BCUT2D eigenvalue weighted by atomic mass is 32.1. The Morgan fingerprint density at radius 3 is 2.73 bits per heavy atom. The average molecular weight is 315 g/mol. The lowest BCUT2D eigenvalue weighted by molar-refractivity contribution is 0.101.